The molecule has 0 spiro atoms. The maximum Gasteiger partial charge on any atom is 0.0153 e. The normalized spacial score (nSPS) is 19.3. The van der Waals surface area contributed by atoms with Gasteiger partial charge < -0.3 is 10.6 Å². The molecule has 0 aromatic heterocycles. The molecule has 0 aromatic carbocycles. The third kappa shape index (κ3) is 5.25. The number of rotatable bonds is 8. The van der Waals surface area contributed by atoms with Gasteiger partial charge in [0.25, 0.3) is 0 Å². The van der Waals surface area contributed by atoms with Gasteiger partial charge in [-0.15, -0.1) is 0 Å². The zero-order valence-corrected chi connectivity index (χ0v) is 12.9. The predicted octanol–water partition coefficient (Wildman–Crippen LogP) is 2.23. The Hall–Kier alpha value is -0.120. The highest BCUT2D eigenvalue weighted by Crippen LogP contribution is 2.25. The number of piperidine rings is 1. The molecule has 0 bridgehead atoms. The largest absolute Gasteiger partial charge is 0.318 e. The predicted molar refractivity (Wildman–Crippen MR) is 80.1 cm³/mol. The minimum atomic E-state index is 0.395. The molecule has 1 aliphatic heterocycles. The third-order valence-electron chi connectivity index (χ3n) is 4.30. The quantitative estimate of drug-likeness (QED) is 0.651. The Balaban J connectivity index is 2.25. The van der Waals surface area contributed by atoms with E-state index in [4.69, 9.17) is 0 Å². The Morgan fingerprint density at radius 3 is 2.39 bits per heavy atom. The zero-order valence-electron chi connectivity index (χ0n) is 12.9. The van der Waals surface area contributed by atoms with Gasteiger partial charge in [0.15, 0.2) is 0 Å². The number of hydrogen-bond acceptors (Lipinski definition) is 3. The highest BCUT2D eigenvalue weighted by atomic mass is 15.2. The SMILES string of the molecule is CCCCC(C)(C)N1CCC(NCCNC)CC1. The second-order valence-corrected chi connectivity index (χ2v) is 6.23. The maximum absolute atomic E-state index is 3.65. The standard InChI is InChI=1S/C15H33N3/c1-5-6-9-15(2,3)18-12-7-14(8-13-18)17-11-10-16-4/h14,16-17H,5-13H2,1-4H3. The van der Waals surface area contributed by atoms with Gasteiger partial charge in [-0.3, -0.25) is 4.90 Å². The fourth-order valence-corrected chi connectivity index (χ4v) is 2.86. The van der Waals surface area contributed by atoms with Crippen LogP contribution in [0.4, 0.5) is 0 Å². The van der Waals surface area contributed by atoms with Crippen molar-refractivity contribution < 1.29 is 0 Å². The summed E-state index contributed by atoms with van der Waals surface area (Å²) in [6.45, 7) is 11.8. The van der Waals surface area contributed by atoms with Crippen LogP contribution in [0.15, 0.2) is 0 Å². The molecule has 1 heterocycles. The summed E-state index contributed by atoms with van der Waals surface area (Å²) in [5, 5.41) is 6.84. The van der Waals surface area contributed by atoms with Gasteiger partial charge in [-0.05, 0) is 40.2 Å². The molecule has 0 saturated carbocycles. The summed E-state index contributed by atoms with van der Waals surface area (Å²) in [5.74, 6) is 0. The Labute approximate surface area is 114 Å². The molecular formula is C15H33N3. The number of nitrogens with one attached hydrogen (secondary N) is 2. The molecule has 1 rings (SSSR count). The van der Waals surface area contributed by atoms with Crippen LogP contribution in [0.1, 0.15) is 52.9 Å². The molecule has 0 radical (unpaired) electrons. The van der Waals surface area contributed by atoms with Crippen molar-refractivity contribution in [3.05, 3.63) is 0 Å². The Morgan fingerprint density at radius 1 is 1.17 bits per heavy atom. The molecule has 18 heavy (non-hydrogen) atoms. The second kappa shape index (κ2) is 8.13. The first-order chi connectivity index (χ1) is 8.60. The summed E-state index contributed by atoms with van der Waals surface area (Å²) >= 11 is 0. The summed E-state index contributed by atoms with van der Waals surface area (Å²) in [6.07, 6.45) is 6.61. The van der Waals surface area contributed by atoms with Crippen molar-refractivity contribution in [2.45, 2.75) is 64.5 Å². The lowest BCUT2D eigenvalue weighted by molar-refractivity contribution is 0.0745. The Morgan fingerprint density at radius 2 is 1.83 bits per heavy atom. The molecule has 0 amide bonds. The molecule has 3 heteroatoms. The van der Waals surface area contributed by atoms with Crippen molar-refractivity contribution in [2.24, 2.45) is 0 Å². The van der Waals surface area contributed by atoms with E-state index in [2.05, 4.69) is 36.3 Å². The van der Waals surface area contributed by atoms with Crippen LogP contribution in [0.5, 0.6) is 0 Å². The van der Waals surface area contributed by atoms with Crippen LogP contribution in [0.25, 0.3) is 0 Å². The van der Waals surface area contributed by atoms with Gasteiger partial charge in [0.05, 0.1) is 0 Å². The van der Waals surface area contributed by atoms with Crippen molar-refractivity contribution in [3.63, 3.8) is 0 Å². The van der Waals surface area contributed by atoms with E-state index >= 15 is 0 Å². The van der Waals surface area contributed by atoms with E-state index in [1.807, 2.05) is 7.05 Å². The highest BCUT2D eigenvalue weighted by molar-refractivity contribution is 4.87. The van der Waals surface area contributed by atoms with Crippen LogP contribution in [0, 0.1) is 0 Å². The summed E-state index contributed by atoms with van der Waals surface area (Å²) in [5.41, 5.74) is 0.395. The number of likely N-dealkylation sites (N-methyl/N-ethyl adjacent to an activating group) is 1. The van der Waals surface area contributed by atoms with E-state index < -0.39 is 0 Å². The smallest absolute Gasteiger partial charge is 0.0153 e. The van der Waals surface area contributed by atoms with E-state index in [1.165, 1.54) is 45.2 Å². The molecule has 0 atom stereocenters. The van der Waals surface area contributed by atoms with Gasteiger partial charge in [-0.2, -0.15) is 0 Å². The van der Waals surface area contributed by atoms with Gasteiger partial charge in [0.1, 0.15) is 0 Å². The van der Waals surface area contributed by atoms with Crippen LogP contribution in [0.3, 0.4) is 0 Å². The first-order valence-electron chi connectivity index (χ1n) is 7.73. The monoisotopic (exact) mass is 255 g/mol. The van der Waals surface area contributed by atoms with E-state index in [1.54, 1.807) is 0 Å². The minimum absolute atomic E-state index is 0.395. The van der Waals surface area contributed by atoms with Crippen LogP contribution in [-0.2, 0) is 0 Å². The summed E-state index contributed by atoms with van der Waals surface area (Å²) in [7, 11) is 2.01. The lowest BCUT2D eigenvalue weighted by Gasteiger charge is -2.43. The molecule has 1 fully saturated rings. The van der Waals surface area contributed by atoms with Gasteiger partial charge in [-0.1, -0.05) is 19.8 Å². The van der Waals surface area contributed by atoms with Gasteiger partial charge in [0, 0.05) is 37.8 Å². The number of likely N-dealkylation sites (tertiary alicyclic amines) is 1. The second-order valence-electron chi connectivity index (χ2n) is 6.23. The van der Waals surface area contributed by atoms with Crippen molar-refractivity contribution >= 4 is 0 Å². The molecule has 3 nitrogen and oxygen atoms in total. The lowest BCUT2D eigenvalue weighted by atomic mass is 9.91. The van der Waals surface area contributed by atoms with Crippen LogP contribution in [-0.4, -0.2) is 49.7 Å². The van der Waals surface area contributed by atoms with Crippen molar-refractivity contribution in [1.82, 2.24) is 15.5 Å². The topological polar surface area (TPSA) is 27.3 Å². The van der Waals surface area contributed by atoms with Crippen LogP contribution in [0.2, 0.25) is 0 Å². The molecular weight excluding hydrogens is 222 g/mol. The first-order valence-corrected chi connectivity index (χ1v) is 7.73. The third-order valence-corrected chi connectivity index (χ3v) is 4.30. The average molecular weight is 255 g/mol. The minimum Gasteiger partial charge on any atom is -0.318 e. The number of nitrogens with zero attached hydrogens (tertiary/aromatic N) is 1. The van der Waals surface area contributed by atoms with E-state index in [9.17, 15) is 0 Å². The summed E-state index contributed by atoms with van der Waals surface area (Å²) in [6, 6.07) is 0.733. The lowest BCUT2D eigenvalue weighted by Crippen LogP contribution is -2.51. The van der Waals surface area contributed by atoms with Crippen LogP contribution >= 0.6 is 0 Å². The first kappa shape index (κ1) is 15.9. The van der Waals surface area contributed by atoms with Crippen molar-refractivity contribution in [1.29, 1.82) is 0 Å². The molecule has 2 N–H and O–H groups in total. The van der Waals surface area contributed by atoms with Gasteiger partial charge in [0.2, 0.25) is 0 Å². The molecule has 0 unspecified atom stereocenters. The zero-order chi connectivity index (χ0) is 13.4. The molecule has 108 valence electrons. The van der Waals surface area contributed by atoms with E-state index in [0.717, 1.165) is 19.1 Å². The Bertz CT molecular complexity index is 208. The number of unbranched alkanes of at least 4 members (excludes halogenated alkanes) is 1. The molecule has 1 aliphatic rings. The summed E-state index contributed by atoms with van der Waals surface area (Å²) < 4.78 is 0. The summed E-state index contributed by atoms with van der Waals surface area (Å²) in [4.78, 5) is 2.69. The van der Waals surface area contributed by atoms with E-state index in [-0.39, 0.29) is 0 Å². The van der Waals surface area contributed by atoms with Gasteiger partial charge in [-0.25, -0.2) is 0 Å². The molecule has 0 aliphatic carbocycles. The highest BCUT2D eigenvalue weighted by Gasteiger charge is 2.29. The van der Waals surface area contributed by atoms with Crippen molar-refractivity contribution in [3.8, 4) is 0 Å². The Kier molecular flexibility index (Phi) is 7.20. The van der Waals surface area contributed by atoms with Crippen LogP contribution < -0.4 is 10.6 Å². The number of hydrogen-bond donors (Lipinski definition) is 2. The maximum atomic E-state index is 3.65. The van der Waals surface area contributed by atoms with Gasteiger partial charge >= 0.3 is 0 Å². The van der Waals surface area contributed by atoms with Crippen molar-refractivity contribution in [2.75, 3.05) is 33.2 Å². The fourth-order valence-electron chi connectivity index (χ4n) is 2.86. The average Bonchev–Trinajstić information content (AvgIpc) is 2.37. The molecule has 1 saturated heterocycles. The fraction of sp³-hybridized carbons (Fsp3) is 1.00. The van der Waals surface area contributed by atoms with E-state index in [0.29, 0.717) is 5.54 Å². The molecule has 0 aromatic rings.